The second-order valence-corrected chi connectivity index (χ2v) is 6.94. The Labute approximate surface area is 146 Å². The van der Waals surface area contributed by atoms with Gasteiger partial charge in [-0.1, -0.05) is 36.4 Å². The van der Waals surface area contributed by atoms with E-state index in [1.54, 1.807) is 10.6 Å². The number of amides is 1. The number of aromatic nitrogens is 2. The molecule has 1 fully saturated rings. The van der Waals surface area contributed by atoms with Crippen LogP contribution in [-0.2, 0) is 0 Å². The van der Waals surface area contributed by atoms with Crippen LogP contribution >= 0.6 is 0 Å². The third kappa shape index (κ3) is 2.91. The van der Waals surface area contributed by atoms with Gasteiger partial charge in [0.2, 0.25) is 0 Å². The number of imidazole rings is 1. The van der Waals surface area contributed by atoms with Gasteiger partial charge >= 0.3 is 0 Å². The van der Waals surface area contributed by atoms with E-state index in [9.17, 15) is 9.90 Å². The number of aryl methyl sites for hydroxylation is 1. The molecule has 0 bridgehead atoms. The van der Waals surface area contributed by atoms with Crippen molar-refractivity contribution in [2.24, 2.45) is 5.41 Å². The lowest BCUT2D eigenvalue weighted by molar-refractivity contribution is 0.0804. The molecule has 1 unspecified atom stereocenters. The van der Waals surface area contributed by atoms with Crippen molar-refractivity contribution in [1.82, 2.24) is 14.7 Å². The van der Waals surface area contributed by atoms with E-state index < -0.39 is 6.10 Å². The molecule has 2 N–H and O–H groups in total. The molecule has 3 aromatic rings. The Morgan fingerprint density at radius 1 is 1.28 bits per heavy atom. The first kappa shape index (κ1) is 15.8. The lowest BCUT2D eigenvalue weighted by Gasteiger charge is -2.23. The van der Waals surface area contributed by atoms with Gasteiger partial charge in [0.05, 0.1) is 12.3 Å². The Morgan fingerprint density at radius 3 is 2.76 bits per heavy atom. The van der Waals surface area contributed by atoms with E-state index in [0.29, 0.717) is 12.2 Å². The highest BCUT2D eigenvalue weighted by Crippen LogP contribution is 2.54. The monoisotopic (exact) mass is 335 g/mol. The SMILES string of the molecule is Cc1ccc2ncc(C(=O)NCC3(C(O)c4ccccc4)CC3)n2c1. The highest BCUT2D eigenvalue weighted by Gasteiger charge is 2.49. The number of fused-ring (bicyclic) bond motifs is 1. The van der Waals surface area contributed by atoms with Gasteiger partial charge in [0.25, 0.3) is 5.91 Å². The smallest absolute Gasteiger partial charge is 0.269 e. The highest BCUT2D eigenvalue weighted by atomic mass is 16.3. The van der Waals surface area contributed by atoms with Gasteiger partial charge in [-0.05, 0) is 37.0 Å². The number of rotatable bonds is 5. The molecule has 1 aliphatic rings. The van der Waals surface area contributed by atoms with Gasteiger partial charge in [-0.15, -0.1) is 0 Å². The van der Waals surface area contributed by atoms with Crippen LogP contribution in [0.4, 0.5) is 0 Å². The van der Waals surface area contributed by atoms with Crippen LogP contribution in [0.5, 0.6) is 0 Å². The zero-order chi connectivity index (χ0) is 17.4. The number of hydrogen-bond acceptors (Lipinski definition) is 3. The predicted octanol–water partition coefficient (Wildman–Crippen LogP) is 2.89. The molecular weight excluding hydrogens is 314 g/mol. The van der Waals surface area contributed by atoms with Crippen molar-refractivity contribution in [3.05, 3.63) is 71.7 Å². The number of aliphatic hydroxyl groups is 1. The number of carbonyl (C=O) groups excluding carboxylic acids is 1. The van der Waals surface area contributed by atoms with Crippen molar-refractivity contribution in [1.29, 1.82) is 0 Å². The number of benzene rings is 1. The summed E-state index contributed by atoms with van der Waals surface area (Å²) in [5.74, 6) is -0.162. The molecule has 1 saturated carbocycles. The maximum atomic E-state index is 12.6. The largest absolute Gasteiger partial charge is 0.388 e. The summed E-state index contributed by atoms with van der Waals surface area (Å²) in [5.41, 5.74) is 2.98. The van der Waals surface area contributed by atoms with Crippen molar-refractivity contribution in [2.45, 2.75) is 25.9 Å². The Kier molecular flexibility index (Phi) is 3.81. The summed E-state index contributed by atoms with van der Waals surface area (Å²) in [6.07, 6.45) is 4.77. The third-order valence-corrected chi connectivity index (χ3v) is 5.07. The molecular formula is C20H21N3O2. The minimum Gasteiger partial charge on any atom is -0.388 e. The van der Waals surface area contributed by atoms with Gasteiger partial charge in [0, 0.05) is 18.2 Å². The molecule has 4 rings (SSSR count). The summed E-state index contributed by atoms with van der Waals surface area (Å²) >= 11 is 0. The lowest BCUT2D eigenvalue weighted by atomic mass is 9.92. The molecule has 0 aliphatic heterocycles. The molecule has 5 heteroatoms. The van der Waals surface area contributed by atoms with E-state index in [4.69, 9.17) is 0 Å². The number of nitrogens with zero attached hydrogens (tertiary/aromatic N) is 2. The molecule has 5 nitrogen and oxygen atoms in total. The van der Waals surface area contributed by atoms with E-state index in [1.807, 2.05) is 55.6 Å². The van der Waals surface area contributed by atoms with Crippen LogP contribution in [0.1, 0.15) is 40.6 Å². The Balaban J connectivity index is 1.49. The lowest BCUT2D eigenvalue weighted by Crippen LogP contribution is -2.33. The Morgan fingerprint density at radius 2 is 2.04 bits per heavy atom. The van der Waals surface area contributed by atoms with Crippen molar-refractivity contribution in [3.63, 3.8) is 0 Å². The molecule has 128 valence electrons. The minimum absolute atomic E-state index is 0.162. The van der Waals surface area contributed by atoms with Crippen LogP contribution in [0.25, 0.3) is 5.65 Å². The second kappa shape index (κ2) is 6.01. The fourth-order valence-electron chi connectivity index (χ4n) is 3.30. The molecule has 2 aromatic heterocycles. The summed E-state index contributed by atoms with van der Waals surface area (Å²) in [7, 11) is 0. The zero-order valence-electron chi connectivity index (χ0n) is 14.1. The van der Waals surface area contributed by atoms with Gasteiger partial charge in [0.1, 0.15) is 11.3 Å². The number of pyridine rings is 1. The number of aliphatic hydroxyl groups excluding tert-OH is 1. The molecule has 25 heavy (non-hydrogen) atoms. The fraction of sp³-hybridized carbons (Fsp3) is 0.300. The molecule has 1 aromatic carbocycles. The van der Waals surface area contributed by atoms with Crippen molar-refractivity contribution >= 4 is 11.6 Å². The number of carbonyl (C=O) groups is 1. The third-order valence-electron chi connectivity index (χ3n) is 5.07. The Bertz CT molecular complexity index is 913. The maximum absolute atomic E-state index is 12.6. The van der Waals surface area contributed by atoms with Crippen LogP contribution in [0.2, 0.25) is 0 Å². The topological polar surface area (TPSA) is 66.6 Å². The molecule has 0 spiro atoms. The average Bonchev–Trinajstić information content (AvgIpc) is 3.32. The van der Waals surface area contributed by atoms with Crippen LogP contribution in [0, 0.1) is 12.3 Å². The highest BCUT2D eigenvalue weighted by molar-refractivity contribution is 5.93. The van der Waals surface area contributed by atoms with E-state index in [0.717, 1.165) is 29.6 Å². The minimum atomic E-state index is -0.557. The molecule has 2 heterocycles. The number of nitrogens with one attached hydrogen (secondary N) is 1. The second-order valence-electron chi connectivity index (χ2n) is 6.94. The molecule has 1 aliphatic carbocycles. The summed E-state index contributed by atoms with van der Waals surface area (Å²) in [6.45, 7) is 2.44. The van der Waals surface area contributed by atoms with Gasteiger partial charge in [-0.25, -0.2) is 4.98 Å². The fourth-order valence-corrected chi connectivity index (χ4v) is 3.30. The van der Waals surface area contributed by atoms with Crippen molar-refractivity contribution < 1.29 is 9.90 Å². The average molecular weight is 335 g/mol. The zero-order valence-corrected chi connectivity index (χ0v) is 14.1. The van der Waals surface area contributed by atoms with E-state index in [1.165, 1.54) is 0 Å². The van der Waals surface area contributed by atoms with E-state index in [-0.39, 0.29) is 11.3 Å². The summed E-state index contributed by atoms with van der Waals surface area (Å²) in [4.78, 5) is 16.9. The first-order valence-corrected chi connectivity index (χ1v) is 8.54. The normalized spacial score (nSPS) is 16.6. The molecule has 1 atom stereocenters. The van der Waals surface area contributed by atoms with Gasteiger partial charge in [-0.3, -0.25) is 9.20 Å². The summed E-state index contributed by atoms with van der Waals surface area (Å²) in [5, 5.41) is 13.7. The van der Waals surface area contributed by atoms with Crippen molar-refractivity contribution in [3.8, 4) is 0 Å². The number of hydrogen-bond donors (Lipinski definition) is 2. The van der Waals surface area contributed by atoms with Crippen LogP contribution in [0.15, 0.2) is 54.9 Å². The van der Waals surface area contributed by atoms with Gasteiger partial charge in [-0.2, -0.15) is 0 Å². The van der Waals surface area contributed by atoms with E-state index >= 15 is 0 Å². The first-order chi connectivity index (χ1) is 12.1. The van der Waals surface area contributed by atoms with Gasteiger partial charge < -0.3 is 10.4 Å². The van der Waals surface area contributed by atoms with Gasteiger partial charge in [0.15, 0.2) is 0 Å². The standard InChI is InChI=1S/C20H21N3O2/c1-14-7-8-17-21-11-16(23(17)12-14)19(25)22-13-20(9-10-20)18(24)15-5-3-2-4-6-15/h2-8,11-12,18,24H,9-10,13H2,1H3,(H,22,25). The predicted molar refractivity (Wildman–Crippen MR) is 95.3 cm³/mol. The van der Waals surface area contributed by atoms with Crippen molar-refractivity contribution in [2.75, 3.05) is 6.54 Å². The van der Waals surface area contributed by atoms with Crippen LogP contribution in [-0.4, -0.2) is 26.9 Å². The first-order valence-electron chi connectivity index (χ1n) is 8.54. The molecule has 0 radical (unpaired) electrons. The van der Waals surface area contributed by atoms with Crippen LogP contribution < -0.4 is 5.32 Å². The molecule has 0 saturated heterocycles. The maximum Gasteiger partial charge on any atom is 0.269 e. The Hall–Kier alpha value is -2.66. The van der Waals surface area contributed by atoms with E-state index in [2.05, 4.69) is 10.3 Å². The van der Waals surface area contributed by atoms with Crippen LogP contribution in [0.3, 0.4) is 0 Å². The summed E-state index contributed by atoms with van der Waals surface area (Å²) in [6, 6.07) is 13.5. The summed E-state index contributed by atoms with van der Waals surface area (Å²) < 4.78 is 1.80. The quantitative estimate of drug-likeness (QED) is 0.753. The molecule has 1 amide bonds.